The zero-order valence-corrected chi connectivity index (χ0v) is 12.2. The SMILES string of the molecule is CC(C)c1ccc(CCNc2cccc(Cl)c2)cc1. The summed E-state index contributed by atoms with van der Waals surface area (Å²) >= 11 is 5.95. The molecular weight excluding hydrogens is 254 g/mol. The Morgan fingerprint density at radius 3 is 2.42 bits per heavy atom. The molecule has 0 saturated carbocycles. The number of anilines is 1. The van der Waals surface area contributed by atoms with Crippen LogP contribution >= 0.6 is 11.6 Å². The summed E-state index contributed by atoms with van der Waals surface area (Å²) in [6.45, 7) is 5.35. The van der Waals surface area contributed by atoms with Crippen LogP contribution in [-0.4, -0.2) is 6.54 Å². The maximum Gasteiger partial charge on any atom is 0.0426 e. The number of nitrogens with one attached hydrogen (secondary N) is 1. The lowest BCUT2D eigenvalue weighted by atomic mass is 10.0. The first-order valence-electron chi connectivity index (χ1n) is 6.73. The smallest absolute Gasteiger partial charge is 0.0426 e. The zero-order chi connectivity index (χ0) is 13.7. The van der Waals surface area contributed by atoms with Crippen LogP contribution in [0.3, 0.4) is 0 Å². The third kappa shape index (κ3) is 4.29. The van der Waals surface area contributed by atoms with Crippen molar-refractivity contribution < 1.29 is 0 Å². The van der Waals surface area contributed by atoms with E-state index in [1.54, 1.807) is 0 Å². The first-order valence-corrected chi connectivity index (χ1v) is 7.11. The van der Waals surface area contributed by atoms with Gasteiger partial charge in [-0.15, -0.1) is 0 Å². The number of benzene rings is 2. The van der Waals surface area contributed by atoms with Crippen molar-refractivity contribution in [2.75, 3.05) is 11.9 Å². The van der Waals surface area contributed by atoms with E-state index in [-0.39, 0.29) is 0 Å². The standard InChI is InChI=1S/C17H20ClN/c1-13(2)15-8-6-14(7-9-15)10-11-19-17-5-3-4-16(18)12-17/h3-9,12-13,19H,10-11H2,1-2H3. The van der Waals surface area contributed by atoms with Gasteiger partial charge in [0, 0.05) is 17.3 Å². The average molecular weight is 274 g/mol. The molecule has 2 aromatic carbocycles. The second kappa shape index (κ2) is 6.63. The molecule has 1 nitrogen and oxygen atoms in total. The fourth-order valence-electron chi connectivity index (χ4n) is 2.02. The number of hydrogen-bond acceptors (Lipinski definition) is 1. The van der Waals surface area contributed by atoms with Crippen LogP contribution in [0, 0.1) is 0 Å². The highest BCUT2D eigenvalue weighted by Crippen LogP contribution is 2.16. The minimum atomic E-state index is 0.596. The number of hydrogen-bond donors (Lipinski definition) is 1. The van der Waals surface area contributed by atoms with Crippen molar-refractivity contribution in [2.45, 2.75) is 26.2 Å². The molecule has 0 amide bonds. The van der Waals surface area contributed by atoms with Gasteiger partial charge in [-0.2, -0.15) is 0 Å². The van der Waals surface area contributed by atoms with Gasteiger partial charge in [-0.3, -0.25) is 0 Å². The predicted octanol–water partition coefficient (Wildman–Crippen LogP) is 5.12. The molecule has 0 fully saturated rings. The van der Waals surface area contributed by atoms with Crippen LogP contribution in [0.2, 0.25) is 5.02 Å². The molecule has 0 heterocycles. The van der Waals surface area contributed by atoms with E-state index in [9.17, 15) is 0 Å². The first-order chi connectivity index (χ1) is 9.15. The Morgan fingerprint density at radius 2 is 1.79 bits per heavy atom. The lowest BCUT2D eigenvalue weighted by Gasteiger charge is -2.09. The third-order valence-electron chi connectivity index (χ3n) is 3.21. The highest BCUT2D eigenvalue weighted by molar-refractivity contribution is 6.30. The van der Waals surface area contributed by atoms with Crippen molar-refractivity contribution in [1.82, 2.24) is 0 Å². The Balaban J connectivity index is 1.85. The summed E-state index contributed by atoms with van der Waals surface area (Å²) in [5, 5.41) is 4.16. The molecule has 0 unspecified atom stereocenters. The molecule has 0 bridgehead atoms. The molecule has 2 heteroatoms. The van der Waals surface area contributed by atoms with Crippen LogP contribution in [0.4, 0.5) is 5.69 Å². The summed E-state index contributed by atoms with van der Waals surface area (Å²) in [4.78, 5) is 0. The van der Waals surface area contributed by atoms with Gasteiger partial charge >= 0.3 is 0 Å². The molecule has 0 saturated heterocycles. The van der Waals surface area contributed by atoms with E-state index in [0.717, 1.165) is 23.7 Å². The van der Waals surface area contributed by atoms with Gasteiger partial charge in [0.15, 0.2) is 0 Å². The second-order valence-corrected chi connectivity index (χ2v) is 5.52. The van der Waals surface area contributed by atoms with E-state index in [1.807, 2.05) is 24.3 Å². The van der Waals surface area contributed by atoms with Gasteiger partial charge in [0.25, 0.3) is 0 Å². The normalized spacial score (nSPS) is 10.7. The van der Waals surface area contributed by atoms with E-state index < -0.39 is 0 Å². The summed E-state index contributed by atoms with van der Waals surface area (Å²) in [5.74, 6) is 0.596. The molecule has 0 spiro atoms. The molecule has 0 aliphatic carbocycles. The maximum atomic E-state index is 5.95. The summed E-state index contributed by atoms with van der Waals surface area (Å²) < 4.78 is 0. The van der Waals surface area contributed by atoms with E-state index in [2.05, 4.69) is 43.4 Å². The van der Waals surface area contributed by atoms with Crippen LogP contribution in [0.25, 0.3) is 0 Å². The van der Waals surface area contributed by atoms with Gasteiger partial charge < -0.3 is 5.32 Å². The molecule has 0 aromatic heterocycles. The van der Waals surface area contributed by atoms with Crippen LogP contribution < -0.4 is 5.32 Å². The lowest BCUT2D eigenvalue weighted by Crippen LogP contribution is -2.04. The van der Waals surface area contributed by atoms with Crippen molar-refractivity contribution in [3.05, 3.63) is 64.7 Å². The van der Waals surface area contributed by atoms with Gasteiger partial charge in [-0.05, 0) is 41.7 Å². The number of halogens is 1. The van der Waals surface area contributed by atoms with Gasteiger partial charge in [-0.1, -0.05) is 55.8 Å². The molecule has 0 aliphatic heterocycles. The van der Waals surface area contributed by atoms with E-state index in [4.69, 9.17) is 11.6 Å². The molecular formula is C17H20ClN. The second-order valence-electron chi connectivity index (χ2n) is 5.08. The molecule has 19 heavy (non-hydrogen) atoms. The summed E-state index contributed by atoms with van der Waals surface area (Å²) in [7, 11) is 0. The molecule has 100 valence electrons. The van der Waals surface area contributed by atoms with E-state index in [0.29, 0.717) is 5.92 Å². The van der Waals surface area contributed by atoms with Crippen LogP contribution in [0.15, 0.2) is 48.5 Å². The number of rotatable bonds is 5. The lowest BCUT2D eigenvalue weighted by molar-refractivity contribution is 0.864. The zero-order valence-electron chi connectivity index (χ0n) is 11.5. The summed E-state index contributed by atoms with van der Waals surface area (Å²) in [6, 6.07) is 16.7. The fourth-order valence-corrected chi connectivity index (χ4v) is 2.21. The molecule has 0 atom stereocenters. The Morgan fingerprint density at radius 1 is 1.05 bits per heavy atom. The first kappa shape index (κ1) is 14.0. The van der Waals surface area contributed by atoms with Gasteiger partial charge in [0.1, 0.15) is 0 Å². The van der Waals surface area contributed by atoms with E-state index in [1.165, 1.54) is 11.1 Å². The maximum absolute atomic E-state index is 5.95. The molecule has 1 N–H and O–H groups in total. The topological polar surface area (TPSA) is 12.0 Å². The van der Waals surface area contributed by atoms with Crippen molar-refractivity contribution in [3.63, 3.8) is 0 Å². The quantitative estimate of drug-likeness (QED) is 0.797. The van der Waals surface area contributed by atoms with E-state index >= 15 is 0 Å². The highest BCUT2D eigenvalue weighted by atomic mass is 35.5. The largest absolute Gasteiger partial charge is 0.385 e. The Labute approximate surface area is 120 Å². The highest BCUT2D eigenvalue weighted by Gasteiger charge is 1.99. The van der Waals surface area contributed by atoms with Gasteiger partial charge in [0.2, 0.25) is 0 Å². The minimum absolute atomic E-state index is 0.596. The molecule has 2 aromatic rings. The molecule has 2 rings (SSSR count). The Kier molecular flexibility index (Phi) is 4.86. The van der Waals surface area contributed by atoms with Crippen molar-refractivity contribution >= 4 is 17.3 Å². The molecule has 0 aliphatic rings. The predicted molar refractivity (Wildman–Crippen MR) is 84.2 cm³/mol. The Bertz CT molecular complexity index is 517. The van der Waals surface area contributed by atoms with Gasteiger partial charge in [0.05, 0.1) is 0 Å². The summed E-state index contributed by atoms with van der Waals surface area (Å²) in [5.41, 5.74) is 3.83. The average Bonchev–Trinajstić information content (AvgIpc) is 2.39. The van der Waals surface area contributed by atoms with Crippen LogP contribution in [0.1, 0.15) is 30.9 Å². The van der Waals surface area contributed by atoms with Gasteiger partial charge in [-0.25, -0.2) is 0 Å². The van der Waals surface area contributed by atoms with Crippen LogP contribution in [-0.2, 0) is 6.42 Å². The van der Waals surface area contributed by atoms with Crippen molar-refractivity contribution in [1.29, 1.82) is 0 Å². The van der Waals surface area contributed by atoms with Crippen LogP contribution in [0.5, 0.6) is 0 Å². The third-order valence-corrected chi connectivity index (χ3v) is 3.45. The minimum Gasteiger partial charge on any atom is -0.385 e. The van der Waals surface area contributed by atoms with Crippen molar-refractivity contribution in [3.8, 4) is 0 Å². The summed E-state index contributed by atoms with van der Waals surface area (Å²) in [6.07, 6.45) is 1.02. The Hall–Kier alpha value is -1.47. The fraction of sp³-hybridized carbons (Fsp3) is 0.294. The molecule has 0 radical (unpaired) electrons. The monoisotopic (exact) mass is 273 g/mol. The van der Waals surface area contributed by atoms with Crippen molar-refractivity contribution in [2.24, 2.45) is 0 Å².